The lowest BCUT2D eigenvalue weighted by atomic mass is 10.3. The number of hydrogen-bond donors (Lipinski definition) is 1. The first kappa shape index (κ1) is 12.9. The van der Waals surface area contributed by atoms with Crippen LogP contribution in [0.1, 0.15) is 13.3 Å². The molecule has 17 heavy (non-hydrogen) atoms. The molecule has 2 unspecified atom stereocenters. The lowest BCUT2D eigenvalue weighted by Gasteiger charge is -2.09. The first-order chi connectivity index (χ1) is 7.81. The van der Waals surface area contributed by atoms with Crippen LogP contribution in [0.3, 0.4) is 0 Å². The minimum Gasteiger partial charge on any atom is -0.208 e. The van der Waals surface area contributed by atoms with Gasteiger partial charge in [-0.05, 0) is 34.3 Å². The van der Waals surface area contributed by atoms with E-state index >= 15 is 0 Å². The Labute approximate surface area is 106 Å². The van der Waals surface area contributed by atoms with E-state index in [1.165, 1.54) is 0 Å². The third-order valence-corrected chi connectivity index (χ3v) is 5.10. The summed E-state index contributed by atoms with van der Waals surface area (Å²) >= 11 is 2.86. The van der Waals surface area contributed by atoms with Crippen molar-refractivity contribution in [2.24, 2.45) is 5.92 Å². The van der Waals surface area contributed by atoms with Gasteiger partial charge in [0.25, 0.3) is 0 Å². The summed E-state index contributed by atoms with van der Waals surface area (Å²) in [7, 11) is -3.95. The topological polar surface area (TPSA) is 46.2 Å². The Morgan fingerprint density at radius 2 is 2.00 bits per heavy atom. The van der Waals surface area contributed by atoms with E-state index in [2.05, 4.69) is 20.7 Å². The van der Waals surface area contributed by atoms with E-state index in [-0.39, 0.29) is 16.4 Å². The van der Waals surface area contributed by atoms with Crippen molar-refractivity contribution < 1.29 is 17.2 Å². The van der Waals surface area contributed by atoms with E-state index in [0.717, 1.165) is 12.5 Å². The van der Waals surface area contributed by atoms with Crippen molar-refractivity contribution in [1.29, 1.82) is 0 Å². The van der Waals surface area contributed by atoms with Gasteiger partial charge in [-0.25, -0.2) is 21.9 Å². The van der Waals surface area contributed by atoms with Gasteiger partial charge in [0.1, 0.15) is 16.5 Å². The zero-order chi connectivity index (χ0) is 12.8. The van der Waals surface area contributed by atoms with E-state index in [4.69, 9.17) is 0 Å². The molecule has 0 radical (unpaired) electrons. The SMILES string of the molecule is CC1CC1NS(=O)(=O)c1c(F)cc(F)cc1Br. The lowest BCUT2D eigenvalue weighted by Crippen LogP contribution is -2.28. The summed E-state index contributed by atoms with van der Waals surface area (Å²) in [5.74, 6) is -1.67. The highest BCUT2D eigenvalue weighted by Gasteiger charge is 2.37. The Balaban J connectivity index is 2.39. The molecule has 1 aromatic carbocycles. The summed E-state index contributed by atoms with van der Waals surface area (Å²) < 4.78 is 52.4. The summed E-state index contributed by atoms with van der Waals surface area (Å²) in [6.45, 7) is 1.89. The number of rotatable bonds is 3. The molecule has 7 heteroatoms. The highest BCUT2D eigenvalue weighted by Crippen LogP contribution is 2.33. The van der Waals surface area contributed by atoms with Gasteiger partial charge in [0.15, 0.2) is 0 Å². The van der Waals surface area contributed by atoms with Crippen LogP contribution in [0.5, 0.6) is 0 Å². The van der Waals surface area contributed by atoms with Crippen LogP contribution in [0.2, 0.25) is 0 Å². The van der Waals surface area contributed by atoms with E-state index < -0.39 is 26.6 Å². The van der Waals surface area contributed by atoms with Gasteiger partial charge in [0, 0.05) is 16.6 Å². The third-order valence-electron chi connectivity index (χ3n) is 2.65. The van der Waals surface area contributed by atoms with Crippen molar-refractivity contribution in [1.82, 2.24) is 4.72 Å². The Morgan fingerprint density at radius 3 is 2.47 bits per heavy atom. The molecule has 1 aliphatic rings. The Hall–Kier alpha value is -0.530. The minimum absolute atomic E-state index is 0.115. The van der Waals surface area contributed by atoms with Gasteiger partial charge in [-0.2, -0.15) is 0 Å². The van der Waals surface area contributed by atoms with Crippen molar-refractivity contribution in [2.45, 2.75) is 24.3 Å². The molecule has 1 aromatic rings. The van der Waals surface area contributed by atoms with Crippen molar-refractivity contribution in [2.75, 3.05) is 0 Å². The van der Waals surface area contributed by atoms with Gasteiger partial charge < -0.3 is 0 Å². The van der Waals surface area contributed by atoms with Crippen LogP contribution in [0.25, 0.3) is 0 Å². The second-order valence-corrected chi connectivity index (χ2v) is 6.64. The van der Waals surface area contributed by atoms with E-state index in [1.807, 2.05) is 6.92 Å². The zero-order valence-corrected chi connectivity index (χ0v) is 11.3. The molecule has 1 saturated carbocycles. The maximum Gasteiger partial charge on any atom is 0.244 e. The summed E-state index contributed by atoms with van der Waals surface area (Å²) in [5, 5.41) is 0. The molecule has 0 aliphatic heterocycles. The second kappa shape index (κ2) is 4.29. The van der Waals surface area contributed by atoms with Crippen molar-refractivity contribution in [3.63, 3.8) is 0 Å². The molecule has 1 N–H and O–H groups in total. The van der Waals surface area contributed by atoms with Gasteiger partial charge in [-0.3, -0.25) is 0 Å². The summed E-state index contributed by atoms with van der Waals surface area (Å²) in [4.78, 5) is -0.544. The monoisotopic (exact) mass is 325 g/mol. The molecule has 2 rings (SSSR count). The van der Waals surface area contributed by atoms with Crippen LogP contribution >= 0.6 is 15.9 Å². The lowest BCUT2D eigenvalue weighted by molar-refractivity contribution is 0.539. The van der Waals surface area contributed by atoms with Crippen LogP contribution in [-0.4, -0.2) is 14.5 Å². The summed E-state index contributed by atoms with van der Waals surface area (Å²) in [6.07, 6.45) is 0.736. The first-order valence-corrected chi connectivity index (χ1v) is 7.26. The fourth-order valence-corrected chi connectivity index (χ4v) is 4.05. The van der Waals surface area contributed by atoms with Crippen LogP contribution in [0.15, 0.2) is 21.5 Å². The molecule has 3 nitrogen and oxygen atoms in total. The average Bonchev–Trinajstić information content (AvgIpc) is 2.76. The Bertz CT molecular complexity index is 538. The molecule has 0 bridgehead atoms. The molecule has 1 aliphatic carbocycles. The first-order valence-electron chi connectivity index (χ1n) is 4.98. The maximum atomic E-state index is 13.5. The molecule has 0 amide bonds. The van der Waals surface area contributed by atoms with Crippen LogP contribution in [-0.2, 0) is 10.0 Å². The molecule has 0 spiro atoms. The third kappa shape index (κ3) is 2.66. The maximum absolute atomic E-state index is 13.5. The van der Waals surface area contributed by atoms with Gasteiger partial charge in [-0.15, -0.1) is 0 Å². The fourth-order valence-electron chi connectivity index (χ4n) is 1.53. The predicted molar refractivity (Wildman–Crippen MR) is 61.9 cm³/mol. The molecule has 94 valence electrons. The minimum atomic E-state index is -3.95. The molecule has 1 fully saturated rings. The quantitative estimate of drug-likeness (QED) is 0.927. The fraction of sp³-hybridized carbons (Fsp3) is 0.400. The zero-order valence-electron chi connectivity index (χ0n) is 8.88. The summed E-state index contributed by atoms with van der Waals surface area (Å²) in [6, 6.07) is 1.32. The van der Waals surface area contributed by atoms with Crippen LogP contribution in [0, 0.1) is 17.6 Å². The van der Waals surface area contributed by atoms with Gasteiger partial charge in [0.2, 0.25) is 10.0 Å². The number of hydrogen-bond acceptors (Lipinski definition) is 2. The van der Waals surface area contributed by atoms with Gasteiger partial charge in [0.05, 0.1) is 0 Å². The second-order valence-electron chi connectivity index (χ2n) is 4.14. The number of halogens is 3. The standard InChI is InChI=1S/C10H10BrF2NO2S/c1-5-2-9(5)14-17(15,16)10-7(11)3-6(12)4-8(10)13/h3-5,9,14H,2H2,1H3. The number of sulfonamides is 1. The van der Waals surface area contributed by atoms with E-state index in [1.54, 1.807) is 0 Å². The van der Waals surface area contributed by atoms with Gasteiger partial charge in [-0.1, -0.05) is 6.92 Å². The van der Waals surface area contributed by atoms with Crippen molar-refractivity contribution in [3.05, 3.63) is 28.2 Å². The number of nitrogens with one attached hydrogen (secondary N) is 1. The van der Waals surface area contributed by atoms with Crippen LogP contribution in [0.4, 0.5) is 8.78 Å². The Morgan fingerprint density at radius 1 is 1.41 bits per heavy atom. The predicted octanol–water partition coefficient (Wildman–Crippen LogP) is 2.41. The smallest absolute Gasteiger partial charge is 0.208 e. The molecular weight excluding hydrogens is 316 g/mol. The highest BCUT2D eigenvalue weighted by atomic mass is 79.9. The Kier molecular flexibility index (Phi) is 3.26. The largest absolute Gasteiger partial charge is 0.244 e. The van der Waals surface area contributed by atoms with Crippen molar-refractivity contribution >= 4 is 26.0 Å². The number of benzene rings is 1. The molecule has 2 atom stereocenters. The molecule has 0 heterocycles. The normalized spacial score (nSPS) is 23.8. The molecule has 0 aromatic heterocycles. The molecular formula is C10H10BrF2NO2S. The van der Waals surface area contributed by atoms with Gasteiger partial charge >= 0.3 is 0 Å². The van der Waals surface area contributed by atoms with Crippen molar-refractivity contribution in [3.8, 4) is 0 Å². The average molecular weight is 326 g/mol. The van der Waals surface area contributed by atoms with E-state index in [0.29, 0.717) is 6.07 Å². The van der Waals surface area contributed by atoms with E-state index in [9.17, 15) is 17.2 Å². The molecule has 0 saturated heterocycles. The highest BCUT2D eigenvalue weighted by molar-refractivity contribution is 9.10. The summed E-state index contributed by atoms with van der Waals surface area (Å²) in [5.41, 5.74) is 0. The van der Waals surface area contributed by atoms with Crippen LogP contribution < -0.4 is 4.72 Å².